The molecular formula is C27H31N5O10S. The van der Waals surface area contributed by atoms with E-state index in [1.807, 2.05) is 0 Å². The van der Waals surface area contributed by atoms with Crippen LogP contribution in [0.2, 0.25) is 0 Å². The van der Waals surface area contributed by atoms with Crippen LogP contribution in [0.15, 0.2) is 48.5 Å². The molecule has 2 fully saturated rings. The Labute approximate surface area is 251 Å². The van der Waals surface area contributed by atoms with Gasteiger partial charge < -0.3 is 29.7 Å². The quantitative estimate of drug-likeness (QED) is 0.203. The van der Waals surface area contributed by atoms with Crippen molar-refractivity contribution in [2.24, 2.45) is 0 Å². The highest BCUT2D eigenvalue weighted by Crippen LogP contribution is 2.27. The summed E-state index contributed by atoms with van der Waals surface area (Å²) < 4.78 is 10.5. The number of likely N-dealkylation sites (tertiary alicyclic amines) is 2. The predicted molar refractivity (Wildman–Crippen MR) is 153 cm³/mol. The summed E-state index contributed by atoms with van der Waals surface area (Å²) in [6.45, 7) is 0.602. The van der Waals surface area contributed by atoms with Gasteiger partial charge in [0, 0.05) is 49.1 Å². The molecule has 0 bridgehead atoms. The lowest BCUT2D eigenvalue weighted by Gasteiger charge is -2.28. The Hall–Kier alpha value is -4.44. The van der Waals surface area contributed by atoms with Crippen LogP contribution in [0.5, 0.6) is 0 Å². The number of nitrogens with one attached hydrogen (secondary N) is 1. The molecule has 3 amide bonds. The van der Waals surface area contributed by atoms with Crippen molar-refractivity contribution >= 4 is 42.1 Å². The third-order valence-electron chi connectivity index (χ3n) is 7.27. The number of rotatable bonds is 10. The number of non-ortho nitro benzene ring substituents is 2. The molecule has 230 valence electrons. The summed E-state index contributed by atoms with van der Waals surface area (Å²) in [5.41, 5.74) is 0.984. The average Bonchev–Trinajstić information content (AvgIpc) is 3.62. The van der Waals surface area contributed by atoms with E-state index < -0.39 is 34.2 Å². The number of nitro benzene ring substituents is 2. The molecule has 2 aromatic rings. The maximum absolute atomic E-state index is 12.9. The molecule has 15 nitrogen and oxygen atoms in total. The van der Waals surface area contributed by atoms with E-state index in [2.05, 4.69) is 17.9 Å². The van der Waals surface area contributed by atoms with Gasteiger partial charge in [0.2, 0.25) is 5.91 Å². The van der Waals surface area contributed by atoms with E-state index in [0.717, 1.165) is 0 Å². The monoisotopic (exact) mass is 617 g/mol. The van der Waals surface area contributed by atoms with Gasteiger partial charge in [0.25, 0.3) is 11.4 Å². The van der Waals surface area contributed by atoms with E-state index >= 15 is 0 Å². The Morgan fingerprint density at radius 3 is 2.07 bits per heavy atom. The summed E-state index contributed by atoms with van der Waals surface area (Å²) in [7, 11) is 0. The molecule has 2 saturated heterocycles. The van der Waals surface area contributed by atoms with Crippen LogP contribution in [-0.4, -0.2) is 85.9 Å². The number of carbonyl (C=O) groups excluding carboxylic acids is 3. The van der Waals surface area contributed by atoms with Crippen LogP contribution in [0.25, 0.3) is 0 Å². The molecule has 2 heterocycles. The molecule has 0 aliphatic carbocycles. The van der Waals surface area contributed by atoms with E-state index in [4.69, 9.17) is 9.47 Å². The van der Waals surface area contributed by atoms with Crippen molar-refractivity contribution in [1.82, 2.24) is 15.1 Å². The number of ether oxygens (including phenoxy) is 2. The molecule has 0 spiro atoms. The normalized spacial score (nSPS) is 20.4. The van der Waals surface area contributed by atoms with E-state index in [1.54, 1.807) is 0 Å². The lowest BCUT2D eigenvalue weighted by molar-refractivity contribution is -0.385. The van der Waals surface area contributed by atoms with Crippen LogP contribution in [0, 0.1) is 20.2 Å². The topological polar surface area (TPSA) is 195 Å². The van der Waals surface area contributed by atoms with Gasteiger partial charge in [-0.25, -0.2) is 9.59 Å². The number of nitrogens with zero attached hydrogens (tertiary/aromatic N) is 4. The van der Waals surface area contributed by atoms with E-state index in [9.17, 15) is 39.7 Å². The maximum Gasteiger partial charge on any atom is 0.410 e. The molecule has 43 heavy (non-hydrogen) atoms. The molecule has 2 aliphatic rings. The Morgan fingerprint density at radius 1 is 0.953 bits per heavy atom. The Kier molecular flexibility index (Phi) is 10.4. The van der Waals surface area contributed by atoms with Crippen LogP contribution in [0.1, 0.15) is 30.4 Å². The van der Waals surface area contributed by atoms with Crippen molar-refractivity contribution in [1.29, 1.82) is 0 Å². The molecule has 2 aliphatic heterocycles. The lowest BCUT2D eigenvalue weighted by atomic mass is 10.0. The summed E-state index contributed by atoms with van der Waals surface area (Å²) in [6, 6.07) is 10.2. The van der Waals surface area contributed by atoms with E-state index in [1.165, 1.54) is 58.3 Å². The van der Waals surface area contributed by atoms with Crippen LogP contribution in [-0.2, 0) is 27.5 Å². The van der Waals surface area contributed by atoms with Gasteiger partial charge >= 0.3 is 12.2 Å². The van der Waals surface area contributed by atoms with Gasteiger partial charge in [0.05, 0.1) is 34.5 Å². The molecule has 2 aromatic carbocycles. The minimum absolute atomic E-state index is 0.0697. The molecule has 0 radical (unpaired) electrons. The van der Waals surface area contributed by atoms with Gasteiger partial charge in [-0.3, -0.25) is 25.0 Å². The fourth-order valence-corrected chi connectivity index (χ4v) is 5.37. The molecule has 0 saturated carbocycles. The largest absolute Gasteiger partial charge is 0.445 e. The zero-order chi connectivity index (χ0) is 31.1. The number of aliphatic hydroxyl groups excluding tert-OH is 1. The average molecular weight is 618 g/mol. The number of thiol groups is 1. The summed E-state index contributed by atoms with van der Waals surface area (Å²) in [4.78, 5) is 61.3. The Balaban J connectivity index is 1.21. The second kappa shape index (κ2) is 14.2. The van der Waals surface area contributed by atoms with Crippen molar-refractivity contribution in [3.63, 3.8) is 0 Å². The molecular weight excluding hydrogens is 586 g/mol. The summed E-state index contributed by atoms with van der Waals surface area (Å²) in [6.07, 6.45) is -1.95. The van der Waals surface area contributed by atoms with Crippen LogP contribution in [0.4, 0.5) is 21.0 Å². The first kappa shape index (κ1) is 31.5. The number of amides is 3. The molecule has 0 aromatic heterocycles. The minimum Gasteiger partial charge on any atom is -0.445 e. The van der Waals surface area contributed by atoms with Crippen LogP contribution < -0.4 is 5.32 Å². The van der Waals surface area contributed by atoms with Crippen molar-refractivity contribution < 1.29 is 38.8 Å². The number of alkyl carbamates (subject to hydrolysis) is 1. The SMILES string of the molecule is O=C(N[C@H]1CCN(C(=O)C[C@H](O)[C@@H]2C[C@H](S)CN2C(=O)OCc2ccc([N+](=O)[O-])cc2)C1)OCc1ccc([N+](=O)[O-])cc1. The van der Waals surface area contributed by atoms with Crippen LogP contribution in [0.3, 0.4) is 0 Å². The Morgan fingerprint density at radius 2 is 1.51 bits per heavy atom. The second-order valence-corrected chi connectivity index (χ2v) is 11.1. The first-order valence-corrected chi connectivity index (χ1v) is 14.0. The standard InChI is InChI=1S/C27H31N5O10S/c33-24(23-11-22(43)14-30(23)27(36)42-16-18-3-7-21(8-4-18)32(39)40)12-25(34)29-10-9-19(13-29)28-26(35)41-15-17-1-5-20(6-2-17)31(37)38/h1-8,19,22-24,33,43H,9-16H2,(H,28,35)/t19-,22-,23-,24-/m0/s1. The van der Waals surface area contributed by atoms with Crippen molar-refractivity contribution in [3.8, 4) is 0 Å². The smallest absolute Gasteiger partial charge is 0.410 e. The molecule has 0 unspecified atom stereocenters. The van der Waals surface area contributed by atoms with E-state index in [0.29, 0.717) is 30.5 Å². The first-order chi connectivity index (χ1) is 20.5. The van der Waals surface area contributed by atoms with Gasteiger partial charge in [-0.05, 0) is 48.2 Å². The van der Waals surface area contributed by atoms with Gasteiger partial charge in [-0.2, -0.15) is 12.6 Å². The van der Waals surface area contributed by atoms with E-state index in [-0.39, 0.29) is 61.3 Å². The summed E-state index contributed by atoms with van der Waals surface area (Å²) >= 11 is 4.44. The van der Waals surface area contributed by atoms with Gasteiger partial charge in [-0.15, -0.1) is 0 Å². The third-order valence-corrected chi connectivity index (χ3v) is 7.65. The highest BCUT2D eigenvalue weighted by atomic mass is 32.1. The maximum atomic E-state index is 12.9. The Bertz CT molecular complexity index is 1340. The fraction of sp³-hybridized carbons (Fsp3) is 0.444. The second-order valence-electron chi connectivity index (χ2n) is 10.3. The number of hydrogen-bond donors (Lipinski definition) is 3. The predicted octanol–water partition coefficient (Wildman–Crippen LogP) is 2.79. The number of hydrogen-bond acceptors (Lipinski definition) is 11. The van der Waals surface area contributed by atoms with Gasteiger partial charge in [0.1, 0.15) is 13.2 Å². The molecule has 4 atom stereocenters. The zero-order valence-corrected chi connectivity index (χ0v) is 23.8. The lowest BCUT2D eigenvalue weighted by Crippen LogP contribution is -2.45. The highest BCUT2D eigenvalue weighted by molar-refractivity contribution is 7.81. The van der Waals surface area contributed by atoms with Gasteiger partial charge in [0.15, 0.2) is 0 Å². The molecule has 2 N–H and O–H groups in total. The minimum atomic E-state index is -1.17. The van der Waals surface area contributed by atoms with Crippen molar-refractivity contribution in [2.75, 3.05) is 19.6 Å². The number of aliphatic hydroxyl groups is 1. The zero-order valence-electron chi connectivity index (χ0n) is 22.9. The summed E-state index contributed by atoms with van der Waals surface area (Å²) in [5.74, 6) is -0.335. The van der Waals surface area contributed by atoms with Gasteiger partial charge in [-0.1, -0.05) is 0 Å². The van der Waals surface area contributed by atoms with Crippen molar-refractivity contribution in [3.05, 3.63) is 79.9 Å². The molecule has 16 heteroatoms. The fourth-order valence-electron chi connectivity index (χ4n) is 4.98. The highest BCUT2D eigenvalue weighted by Gasteiger charge is 2.40. The number of benzene rings is 2. The number of nitro groups is 2. The molecule has 4 rings (SSSR count). The number of carbonyl (C=O) groups is 3. The third kappa shape index (κ3) is 8.54. The van der Waals surface area contributed by atoms with Crippen molar-refractivity contribution in [2.45, 2.75) is 55.9 Å². The van der Waals surface area contributed by atoms with Crippen LogP contribution >= 0.6 is 12.6 Å². The summed E-state index contributed by atoms with van der Waals surface area (Å²) in [5, 5.41) is 34.9. The first-order valence-electron chi connectivity index (χ1n) is 13.5.